The maximum Gasteiger partial charge on any atom is 0.248 e. The highest BCUT2D eigenvalue weighted by molar-refractivity contribution is 9.10. The largest absolute Gasteiger partial charge is 0.455 e. The maximum atomic E-state index is 11.8. The quantitative estimate of drug-likeness (QED) is 0.658. The number of pyridine rings is 1. The third-order valence-electron chi connectivity index (χ3n) is 3.99. The van der Waals surface area contributed by atoms with Gasteiger partial charge in [0, 0.05) is 41.0 Å². The second-order valence-electron chi connectivity index (χ2n) is 5.43. The Hall–Kier alpha value is -1.67. The number of aromatic amines is 1. The van der Waals surface area contributed by atoms with Crippen molar-refractivity contribution in [2.45, 2.75) is 11.8 Å². The minimum Gasteiger partial charge on any atom is -0.455 e. The SMILES string of the molecule is N[C@@H]1CNCC2(O1)c1cc(Br)ccc1Oc1c[nH]c(=O)cc12. The highest BCUT2D eigenvalue weighted by atomic mass is 79.9. The Kier molecular flexibility index (Phi) is 3.12. The minimum atomic E-state index is -0.835. The monoisotopic (exact) mass is 363 g/mol. The van der Waals surface area contributed by atoms with Crippen LogP contribution in [-0.2, 0) is 10.3 Å². The van der Waals surface area contributed by atoms with Crippen LogP contribution in [0.25, 0.3) is 0 Å². The predicted octanol–water partition coefficient (Wildman–Crippen LogP) is 1.39. The van der Waals surface area contributed by atoms with Crippen molar-refractivity contribution in [1.82, 2.24) is 10.3 Å². The molecule has 114 valence electrons. The fourth-order valence-electron chi connectivity index (χ4n) is 3.08. The summed E-state index contributed by atoms with van der Waals surface area (Å²) < 4.78 is 13.0. The lowest BCUT2D eigenvalue weighted by atomic mass is 9.82. The second-order valence-corrected chi connectivity index (χ2v) is 6.35. The number of nitrogens with one attached hydrogen (secondary N) is 2. The van der Waals surface area contributed by atoms with Gasteiger partial charge in [-0.25, -0.2) is 0 Å². The van der Waals surface area contributed by atoms with Crippen molar-refractivity contribution in [1.29, 1.82) is 0 Å². The molecule has 7 heteroatoms. The summed E-state index contributed by atoms with van der Waals surface area (Å²) >= 11 is 3.48. The lowest BCUT2D eigenvalue weighted by Crippen LogP contribution is -2.56. The molecule has 4 rings (SSSR count). The number of fused-ring (bicyclic) bond motifs is 4. The summed E-state index contributed by atoms with van der Waals surface area (Å²) in [7, 11) is 0. The number of aromatic nitrogens is 1. The molecule has 22 heavy (non-hydrogen) atoms. The summed E-state index contributed by atoms with van der Waals surface area (Å²) in [5, 5.41) is 3.28. The minimum absolute atomic E-state index is 0.206. The van der Waals surface area contributed by atoms with Crippen LogP contribution in [0, 0.1) is 0 Å². The van der Waals surface area contributed by atoms with Gasteiger partial charge in [0.2, 0.25) is 5.56 Å². The molecule has 0 aliphatic carbocycles. The molecule has 2 atom stereocenters. The Morgan fingerprint density at radius 1 is 1.27 bits per heavy atom. The van der Waals surface area contributed by atoms with Crippen LogP contribution < -0.4 is 21.3 Å². The predicted molar refractivity (Wildman–Crippen MR) is 84.0 cm³/mol. The molecule has 0 amide bonds. The molecule has 2 aliphatic heterocycles. The normalized spacial score (nSPS) is 26.2. The Morgan fingerprint density at radius 2 is 2.09 bits per heavy atom. The van der Waals surface area contributed by atoms with Crippen LogP contribution >= 0.6 is 15.9 Å². The molecule has 2 aromatic rings. The lowest BCUT2D eigenvalue weighted by Gasteiger charge is -2.44. The highest BCUT2D eigenvalue weighted by Gasteiger charge is 2.46. The highest BCUT2D eigenvalue weighted by Crippen LogP contribution is 2.49. The van der Waals surface area contributed by atoms with Gasteiger partial charge in [0.25, 0.3) is 0 Å². The molecule has 2 aliphatic rings. The van der Waals surface area contributed by atoms with Crippen molar-refractivity contribution >= 4 is 15.9 Å². The van der Waals surface area contributed by atoms with E-state index in [-0.39, 0.29) is 5.56 Å². The third-order valence-corrected chi connectivity index (χ3v) is 4.48. The van der Waals surface area contributed by atoms with Crippen molar-refractivity contribution < 1.29 is 9.47 Å². The summed E-state index contributed by atoms with van der Waals surface area (Å²) in [6, 6.07) is 7.23. The van der Waals surface area contributed by atoms with Gasteiger partial charge in [-0.2, -0.15) is 0 Å². The zero-order chi connectivity index (χ0) is 15.3. The van der Waals surface area contributed by atoms with E-state index in [0.29, 0.717) is 30.2 Å². The van der Waals surface area contributed by atoms with Gasteiger partial charge in [0.1, 0.15) is 23.3 Å². The number of rotatable bonds is 0. The topological polar surface area (TPSA) is 89.4 Å². The van der Waals surface area contributed by atoms with Crippen LogP contribution in [0.2, 0.25) is 0 Å². The standard InChI is InChI=1S/C15H14BrN3O3/c16-8-1-2-11-9(3-8)15(7-18-6-13(17)22-15)10-4-14(20)19-5-12(10)21-11/h1-5,13,18H,6-7,17H2,(H,19,20)/t13-,15?/m0/s1. The summed E-state index contributed by atoms with van der Waals surface area (Å²) in [5.41, 5.74) is 6.50. The molecular formula is C15H14BrN3O3. The number of nitrogens with two attached hydrogens (primary N) is 1. The van der Waals surface area contributed by atoms with E-state index in [4.69, 9.17) is 15.2 Å². The van der Waals surface area contributed by atoms with Gasteiger partial charge in [0.15, 0.2) is 0 Å². The first kappa shape index (κ1) is 14.0. The molecule has 1 fully saturated rings. The second kappa shape index (κ2) is 4.92. The van der Waals surface area contributed by atoms with Crippen LogP contribution in [-0.4, -0.2) is 24.3 Å². The Morgan fingerprint density at radius 3 is 2.91 bits per heavy atom. The summed E-state index contributed by atoms with van der Waals surface area (Å²) in [6.07, 6.45) is 1.10. The van der Waals surface area contributed by atoms with Gasteiger partial charge < -0.3 is 25.5 Å². The van der Waals surface area contributed by atoms with Crippen LogP contribution in [0.1, 0.15) is 11.1 Å². The van der Waals surface area contributed by atoms with Gasteiger partial charge in [-0.1, -0.05) is 15.9 Å². The van der Waals surface area contributed by atoms with E-state index < -0.39 is 11.8 Å². The molecule has 6 nitrogen and oxygen atoms in total. The van der Waals surface area contributed by atoms with E-state index in [1.165, 1.54) is 6.07 Å². The number of halogens is 1. The van der Waals surface area contributed by atoms with Gasteiger partial charge in [-0.3, -0.25) is 4.79 Å². The number of ether oxygens (including phenoxy) is 2. The Bertz CT molecular complexity index is 807. The van der Waals surface area contributed by atoms with Crippen molar-refractivity contribution in [2.24, 2.45) is 5.73 Å². The van der Waals surface area contributed by atoms with Crippen molar-refractivity contribution in [3.8, 4) is 11.5 Å². The molecule has 1 aromatic carbocycles. The van der Waals surface area contributed by atoms with Crippen LogP contribution in [0.5, 0.6) is 11.5 Å². The molecule has 0 saturated carbocycles. The van der Waals surface area contributed by atoms with Crippen molar-refractivity contribution in [2.75, 3.05) is 13.1 Å². The van der Waals surface area contributed by atoms with E-state index >= 15 is 0 Å². The zero-order valence-corrected chi connectivity index (χ0v) is 13.1. The average molecular weight is 364 g/mol. The zero-order valence-electron chi connectivity index (χ0n) is 11.6. The maximum absolute atomic E-state index is 11.8. The van der Waals surface area contributed by atoms with Gasteiger partial charge >= 0.3 is 0 Å². The average Bonchev–Trinajstić information content (AvgIpc) is 2.49. The van der Waals surface area contributed by atoms with Gasteiger partial charge in [0.05, 0.1) is 0 Å². The Balaban J connectivity index is 2.01. The number of morpholine rings is 1. The summed E-state index contributed by atoms with van der Waals surface area (Å²) in [4.78, 5) is 14.4. The molecule has 1 unspecified atom stereocenters. The number of hydrogen-bond donors (Lipinski definition) is 3. The molecule has 4 N–H and O–H groups in total. The molecule has 0 bridgehead atoms. The van der Waals surface area contributed by atoms with E-state index in [0.717, 1.165) is 10.0 Å². The van der Waals surface area contributed by atoms with Crippen molar-refractivity contribution in [3.05, 3.63) is 56.4 Å². The number of hydrogen-bond acceptors (Lipinski definition) is 5. The van der Waals surface area contributed by atoms with Gasteiger partial charge in [-0.05, 0) is 18.2 Å². The van der Waals surface area contributed by atoms with Crippen LogP contribution in [0.3, 0.4) is 0 Å². The first-order valence-corrected chi connectivity index (χ1v) is 7.73. The molecular weight excluding hydrogens is 350 g/mol. The smallest absolute Gasteiger partial charge is 0.248 e. The van der Waals surface area contributed by atoms with E-state index in [1.54, 1.807) is 6.20 Å². The summed E-state index contributed by atoms with van der Waals surface area (Å²) in [6.45, 7) is 1.08. The van der Waals surface area contributed by atoms with Gasteiger partial charge in [-0.15, -0.1) is 0 Å². The molecule has 1 spiro atoms. The summed E-state index contributed by atoms with van der Waals surface area (Å²) in [5.74, 6) is 1.27. The third kappa shape index (κ3) is 2.01. The van der Waals surface area contributed by atoms with Crippen molar-refractivity contribution in [3.63, 3.8) is 0 Å². The fraction of sp³-hybridized carbons (Fsp3) is 0.267. The molecule has 1 aromatic heterocycles. The number of benzene rings is 1. The van der Waals surface area contributed by atoms with E-state index in [9.17, 15) is 4.79 Å². The van der Waals surface area contributed by atoms with E-state index in [2.05, 4.69) is 26.2 Å². The number of H-pyrrole nitrogens is 1. The molecule has 3 heterocycles. The Labute approximate surface area is 134 Å². The first-order valence-electron chi connectivity index (χ1n) is 6.94. The molecule has 1 saturated heterocycles. The molecule has 0 radical (unpaired) electrons. The van der Waals surface area contributed by atoms with E-state index in [1.807, 2.05) is 18.2 Å². The first-order chi connectivity index (χ1) is 10.6. The fourth-order valence-corrected chi connectivity index (χ4v) is 3.44. The lowest BCUT2D eigenvalue weighted by molar-refractivity contribution is -0.0972. The van der Waals surface area contributed by atoms with Crippen LogP contribution in [0.15, 0.2) is 39.7 Å². The van der Waals surface area contributed by atoms with Crippen LogP contribution in [0.4, 0.5) is 0 Å².